The lowest BCUT2D eigenvalue weighted by atomic mass is 9.72. The fraction of sp³-hybridized carbons (Fsp3) is 0.750. The molecule has 1 aliphatic rings. The molecule has 1 aliphatic carbocycles. The number of nitrogens with one attached hydrogen (secondary N) is 1. The molecule has 114 valence electrons. The molecule has 4 unspecified atom stereocenters. The maximum absolute atomic E-state index is 6.40. The number of hydrogen-bond donors (Lipinski definition) is 1. The second kappa shape index (κ2) is 7.49. The molecule has 0 aromatic carbocycles. The predicted molar refractivity (Wildman–Crippen MR) is 91.0 cm³/mol. The van der Waals surface area contributed by atoms with Gasteiger partial charge in [0.2, 0.25) is 0 Å². The Hall–Kier alpha value is 0.240. The van der Waals surface area contributed by atoms with Gasteiger partial charge in [-0.3, -0.25) is 0 Å². The quantitative estimate of drug-likeness (QED) is 0.679. The van der Waals surface area contributed by atoms with Gasteiger partial charge in [0.05, 0.1) is 8.67 Å². The first-order valence-corrected chi connectivity index (χ1v) is 9.28. The Labute approximate surface area is 137 Å². The second-order valence-corrected chi connectivity index (χ2v) is 8.52. The summed E-state index contributed by atoms with van der Waals surface area (Å²) in [6, 6.07) is 2.42. The van der Waals surface area contributed by atoms with Gasteiger partial charge < -0.3 is 5.32 Å². The van der Waals surface area contributed by atoms with Crippen LogP contribution in [0.2, 0.25) is 8.67 Å². The van der Waals surface area contributed by atoms with E-state index in [-0.39, 0.29) is 0 Å². The average molecular weight is 334 g/mol. The van der Waals surface area contributed by atoms with Gasteiger partial charge in [-0.15, -0.1) is 11.3 Å². The van der Waals surface area contributed by atoms with Crippen LogP contribution in [-0.2, 0) is 0 Å². The highest BCUT2D eigenvalue weighted by Gasteiger charge is 2.32. The third-order valence-corrected chi connectivity index (χ3v) is 6.26. The van der Waals surface area contributed by atoms with Crippen LogP contribution in [0.1, 0.15) is 58.1 Å². The smallest absolute Gasteiger partial charge is 0.0992 e. The Morgan fingerprint density at radius 2 is 2.05 bits per heavy atom. The molecule has 0 radical (unpaired) electrons. The Kier molecular flexibility index (Phi) is 6.22. The van der Waals surface area contributed by atoms with Crippen molar-refractivity contribution >= 4 is 34.5 Å². The zero-order valence-corrected chi connectivity index (χ0v) is 14.9. The van der Waals surface area contributed by atoms with Crippen LogP contribution in [-0.4, -0.2) is 6.54 Å². The summed E-state index contributed by atoms with van der Waals surface area (Å²) in [7, 11) is 0. The molecule has 0 amide bonds. The normalized spacial score (nSPS) is 28.6. The zero-order valence-electron chi connectivity index (χ0n) is 12.6. The van der Waals surface area contributed by atoms with Gasteiger partial charge in [-0.25, -0.2) is 0 Å². The van der Waals surface area contributed by atoms with Gasteiger partial charge in [0, 0.05) is 11.6 Å². The molecule has 1 N–H and O–H groups in total. The highest BCUT2D eigenvalue weighted by atomic mass is 35.5. The van der Waals surface area contributed by atoms with Crippen molar-refractivity contribution in [2.75, 3.05) is 6.54 Å². The topological polar surface area (TPSA) is 12.0 Å². The number of halogens is 2. The Morgan fingerprint density at radius 1 is 1.30 bits per heavy atom. The van der Waals surface area contributed by atoms with Crippen molar-refractivity contribution in [3.8, 4) is 0 Å². The summed E-state index contributed by atoms with van der Waals surface area (Å²) in [5.74, 6) is 2.32. The SMILES string of the molecule is CCCNC(c1cc(Cl)sc1Cl)C1CCC(C)C(C)C1. The van der Waals surface area contributed by atoms with E-state index in [1.165, 1.54) is 36.2 Å². The van der Waals surface area contributed by atoms with E-state index in [2.05, 4.69) is 32.2 Å². The molecule has 0 aliphatic heterocycles. The summed E-state index contributed by atoms with van der Waals surface area (Å²) >= 11 is 14.0. The van der Waals surface area contributed by atoms with Crippen molar-refractivity contribution in [2.24, 2.45) is 17.8 Å². The van der Waals surface area contributed by atoms with Crippen molar-refractivity contribution < 1.29 is 0 Å². The molecular formula is C16H25Cl2NS. The lowest BCUT2D eigenvalue weighted by molar-refractivity contribution is 0.171. The summed E-state index contributed by atoms with van der Waals surface area (Å²) in [4.78, 5) is 0. The summed E-state index contributed by atoms with van der Waals surface area (Å²) in [5.41, 5.74) is 1.21. The molecule has 1 heterocycles. The van der Waals surface area contributed by atoms with Crippen LogP contribution in [0.3, 0.4) is 0 Å². The maximum atomic E-state index is 6.40. The lowest BCUT2D eigenvalue weighted by Crippen LogP contribution is -2.33. The van der Waals surface area contributed by atoms with Crippen LogP contribution in [0.15, 0.2) is 6.07 Å². The van der Waals surface area contributed by atoms with Crippen molar-refractivity contribution in [2.45, 2.75) is 52.5 Å². The molecule has 0 spiro atoms. The highest BCUT2D eigenvalue weighted by molar-refractivity contribution is 7.20. The monoisotopic (exact) mass is 333 g/mol. The molecule has 2 rings (SSSR count). The van der Waals surface area contributed by atoms with Crippen molar-refractivity contribution in [3.05, 3.63) is 20.3 Å². The molecule has 0 saturated heterocycles. The van der Waals surface area contributed by atoms with Crippen LogP contribution >= 0.6 is 34.5 Å². The Balaban J connectivity index is 2.17. The van der Waals surface area contributed by atoms with Crippen LogP contribution in [0.5, 0.6) is 0 Å². The van der Waals surface area contributed by atoms with Gasteiger partial charge in [-0.05, 0) is 49.6 Å². The fourth-order valence-corrected chi connectivity index (χ4v) is 4.84. The minimum absolute atomic E-state index is 0.362. The first-order chi connectivity index (χ1) is 9.52. The molecule has 20 heavy (non-hydrogen) atoms. The molecule has 1 fully saturated rings. The van der Waals surface area contributed by atoms with Gasteiger partial charge in [-0.2, -0.15) is 0 Å². The third-order valence-electron chi connectivity index (χ3n) is 4.74. The molecular weight excluding hydrogens is 309 g/mol. The maximum Gasteiger partial charge on any atom is 0.0992 e. The molecule has 1 nitrogen and oxygen atoms in total. The second-order valence-electron chi connectivity index (χ2n) is 6.24. The first-order valence-electron chi connectivity index (χ1n) is 7.71. The number of thiophene rings is 1. The van der Waals surface area contributed by atoms with Gasteiger partial charge >= 0.3 is 0 Å². The molecule has 4 heteroatoms. The Morgan fingerprint density at radius 3 is 2.60 bits per heavy atom. The first kappa shape index (κ1) is 16.6. The van der Waals surface area contributed by atoms with Crippen molar-refractivity contribution in [3.63, 3.8) is 0 Å². The summed E-state index contributed by atoms with van der Waals surface area (Å²) in [6.45, 7) is 8.01. The van der Waals surface area contributed by atoms with Gasteiger partial charge in [0.25, 0.3) is 0 Å². The fourth-order valence-electron chi connectivity index (χ4n) is 3.29. The van der Waals surface area contributed by atoms with E-state index in [1.807, 2.05) is 0 Å². The summed E-state index contributed by atoms with van der Waals surface area (Å²) < 4.78 is 1.65. The largest absolute Gasteiger partial charge is 0.310 e. The van der Waals surface area contributed by atoms with Gasteiger partial charge in [0.1, 0.15) is 0 Å². The van der Waals surface area contributed by atoms with Crippen LogP contribution in [0.25, 0.3) is 0 Å². The molecule has 4 atom stereocenters. The van der Waals surface area contributed by atoms with E-state index in [4.69, 9.17) is 23.2 Å². The molecule has 1 aromatic heterocycles. The standard InChI is InChI=1S/C16H25Cl2NS/c1-4-7-19-15(13-9-14(17)20-16(13)18)12-6-5-10(2)11(3)8-12/h9-12,15,19H,4-8H2,1-3H3. The van der Waals surface area contributed by atoms with Crippen LogP contribution < -0.4 is 5.32 Å². The predicted octanol–water partition coefficient (Wildman–Crippen LogP) is 6.17. The number of rotatable bonds is 5. The highest BCUT2D eigenvalue weighted by Crippen LogP contribution is 2.44. The van der Waals surface area contributed by atoms with E-state index in [9.17, 15) is 0 Å². The molecule has 1 aromatic rings. The van der Waals surface area contributed by atoms with Gasteiger partial charge in [-0.1, -0.05) is 50.4 Å². The van der Waals surface area contributed by atoms with E-state index in [0.717, 1.165) is 33.5 Å². The minimum atomic E-state index is 0.362. The zero-order chi connectivity index (χ0) is 14.7. The summed E-state index contributed by atoms with van der Waals surface area (Å²) in [6.07, 6.45) is 5.04. The lowest BCUT2D eigenvalue weighted by Gasteiger charge is -2.37. The van der Waals surface area contributed by atoms with E-state index >= 15 is 0 Å². The van der Waals surface area contributed by atoms with E-state index in [0.29, 0.717) is 12.0 Å². The molecule has 1 saturated carbocycles. The van der Waals surface area contributed by atoms with Crippen LogP contribution in [0.4, 0.5) is 0 Å². The van der Waals surface area contributed by atoms with Gasteiger partial charge in [0.15, 0.2) is 0 Å². The minimum Gasteiger partial charge on any atom is -0.310 e. The average Bonchev–Trinajstić information content (AvgIpc) is 2.73. The summed E-state index contributed by atoms with van der Waals surface area (Å²) in [5, 5.41) is 3.71. The van der Waals surface area contributed by atoms with E-state index < -0.39 is 0 Å². The van der Waals surface area contributed by atoms with E-state index in [1.54, 1.807) is 0 Å². The molecule has 0 bridgehead atoms. The van der Waals surface area contributed by atoms with Crippen molar-refractivity contribution in [1.82, 2.24) is 5.32 Å². The number of hydrogen-bond acceptors (Lipinski definition) is 2. The Bertz CT molecular complexity index is 432. The van der Waals surface area contributed by atoms with Crippen molar-refractivity contribution in [1.29, 1.82) is 0 Å². The van der Waals surface area contributed by atoms with Crippen LogP contribution in [0, 0.1) is 17.8 Å². The third kappa shape index (κ3) is 3.91.